The Labute approximate surface area is 137 Å². The van der Waals surface area contributed by atoms with Crippen LogP contribution in [-0.4, -0.2) is 22.8 Å². The molecule has 0 aromatic carbocycles. The van der Waals surface area contributed by atoms with Gasteiger partial charge in [0, 0.05) is 23.2 Å². The second-order valence-corrected chi connectivity index (χ2v) is 9.10. The van der Waals surface area contributed by atoms with Gasteiger partial charge < -0.3 is 5.11 Å². The van der Waals surface area contributed by atoms with Gasteiger partial charge in [-0.1, -0.05) is 12.5 Å². The van der Waals surface area contributed by atoms with Crippen molar-refractivity contribution in [2.75, 3.05) is 0 Å². The number of rotatable bonds is 0. The Balaban J connectivity index is 1.59. The zero-order valence-electron chi connectivity index (χ0n) is 13.9. The van der Waals surface area contributed by atoms with Crippen molar-refractivity contribution >= 4 is 11.6 Å². The summed E-state index contributed by atoms with van der Waals surface area (Å²) in [6.07, 6.45) is 8.98. The number of ketones is 2. The van der Waals surface area contributed by atoms with E-state index in [0.29, 0.717) is 30.0 Å². The van der Waals surface area contributed by atoms with Crippen LogP contribution in [0.4, 0.5) is 0 Å². The van der Waals surface area contributed by atoms with Crippen LogP contribution in [0.2, 0.25) is 0 Å². The fourth-order valence-electron chi connectivity index (χ4n) is 7.46. The van der Waals surface area contributed by atoms with E-state index in [-0.39, 0.29) is 28.6 Å². The van der Waals surface area contributed by atoms with Gasteiger partial charge in [-0.2, -0.15) is 0 Å². The van der Waals surface area contributed by atoms with Crippen LogP contribution in [-0.2, 0) is 9.59 Å². The number of hydrogen-bond acceptors (Lipinski definition) is 3. The highest BCUT2D eigenvalue weighted by Gasteiger charge is 2.65. The summed E-state index contributed by atoms with van der Waals surface area (Å²) < 4.78 is 0. The lowest BCUT2D eigenvalue weighted by Gasteiger charge is -2.57. The molecule has 0 aliphatic heterocycles. The highest BCUT2D eigenvalue weighted by atomic mass is 16.3. The standard InChI is InChI=1S/C20H26O3/c1-19-7-6-15-13(14(19)4-5-17(19)22)3-2-12-9-16(21)11-8-18(23)20(12,15)10-11/h9,11,13-15,18,23H,2-8,10H2,1H3/t11-,13?,14?,15?,18+,19-,20+/m0/s1. The van der Waals surface area contributed by atoms with Crippen LogP contribution in [0.15, 0.2) is 11.6 Å². The first kappa shape index (κ1) is 14.4. The molecule has 1 N–H and O–H groups in total. The van der Waals surface area contributed by atoms with Gasteiger partial charge in [-0.25, -0.2) is 0 Å². The molecule has 4 saturated carbocycles. The average molecular weight is 314 g/mol. The van der Waals surface area contributed by atoms with Crippen LogP contribution in [0.25, 0.3) is 0 Å². The highest BCUT2D eigenvalue weighted by Crippen LogP contribution is 2.68. The monoisotopic (exact) mass is 314 g/mol. The smallest absolute Gasteiger partial charge is 0.158 e. The number of hydrogen-bond donors (Lipinski definition) is 1. The first-order valence-electron chi connectivity index (χ1n) is 9.43. The number of Topliss-reactive ketones (excluding diaryl/α,β-unsaturated/α-hetero) is 1. The Bertz CT molecular complexity index is 635. The fraction of sp³-hybridized carbons (Fsp3) is 0.800. The minimum absolute atomic E-state index is 0.0472. The molecule has 0 saturated heterocycles. The first-order valence-corrected chi connectivity index (χ1v) is 9.43. The van der Waals surface area contributed by atoms with Crippen LogP contribution in [0, 0.1) is 34.5 Å². The normalized spacial score (nSPS) is 54.3. The number of fused-ring (bicyclic) bond motifs is 4. The molecule has 23 heavy (non-hydrogen) atoms. The summed E-state index contributed by atoms with van der Waals surface area (Å²) in [7, 11) is 0. The molecule has 0 amide bonds. The van der Waals surface area contributed by atoms with Crippen molar-refractivity contribution in [1.29, 1.82) is 0 Å². The molecule has 1 spiro atoms. The maximum absolute atomic E-state index is 12.4. The summed E-state index contributed by atoms with van der Waals surface area (Å²) in [5, 5.41) is 10.9. The number of carbonyl (C=O) groups is 2. The van der Waals surface area contributed by atoms with Crippen LogP contribution < -0.4 is 0 Å². The lowest BCUT2D eigenvalue weighted by atomic mass is 9.47. The Morgan fingerprint density at radius 1 is 1.13 bits per heavy atom. The Kier molecular flexibility index (Phi) is 2.73. The molecule has 7 atom stereocenters. The summed E-state index contributed by atoms with van der Waals surface area (Å²) in [5.74, 6) is 2.34. The number of aliphatic hydroxyl groups is 1. The zero-order valence-corrected chi connectivity index (χ0v) is 13.9. The molecule has 3 heteroatoms. The van der Waals surface area contributed by atoms with Gasteiger partial charge in [-0.05, 0) is 68.8 Å². The second kappa shape index (κ2) is 4.36. The van der Waals surface area contributed by atoms with Crippen molar-refractivity contribution < 1.29 is 14.7 Å². The van der Waals surface area contributed by atoms with Gasteiger partial charge in [0.2, 0.25) is 0 Å². The van der Waals surface area contributed by atoms with E-state index in [2.05, 4.69) is 6.92 Å². The summed E-state index contributed by atoms with van der Waals surface area (Å²) in [6, 6.07) is 0. The quantitative estimate of drug-likeness (QED) is 0.747. The molecule has 0 radical (unpaired) electrons. The fourth-order valence-corrected chi connectivity index (χ4v) is 7.46. The maximum atomic E-state index is 12.4. The molecule has 5 aliphatic carbocycles. The molecular formula is C20H26O3. The highest BCUT2D eigenvalue weighted by molar-refractivity contribution is 5.94. The van der Waals surface area contributed by atoms with Gasteiger partial charge in [0.05, 0.1) is 6.10 Å². The predicted molar refractivity (Wildman–Crippen MR) is 85.5 cm³/mol. The van der Waals surface area contributed by atoms with Gasteiger partial charge in [-0.3, -0.25) is 9.59 Å². The number of aliphatic hydroxyl groups excluding tert-OH is 1. The molecule has 0 aromatic heterocycles. The molecule has 124 valence electrons. The van der Waals surface area contributed by atoms with Gasteiger partial charge in [0.1, 0.15) is 5.78 Å². The Hall–Kier alpha value is -0.960. The van der Waals surface area contributed by atoms with E-state index in [9.17, 15) is 14.7 Å². The second-order valence-electron chi connectivity index (χ2n) is 9.10. The molecule has 5 aliphatic rings. The molecule has 0 heterocycles. The molecule has 0 aromatic rings. The molecule has 3 unspecified atom stereocenters. The zero-order chi connectivity index (χ0) is 16.0. The van der Waals surface area contributed by atoms with Crippen LogP contribution in [0.5, 0.6) is 0 Å². The van der Waals surface area contributed by atoms with E-state index < -0.39 is 0 Å². The topological polar surface area (TPSA) is 54.4 Å². The SMILES string of the molecule is C[C@]12CCC3C(CCC4=CC(=O)[C@H]5C[C@@H](O)[C@]43C5)C1CCC2=O. The van der Waals surface area contributed by atoms with Crippen molar-refractivity contribution in [2.45, 2.75) is 64.4 Å². The molecule has 4 fully saturated rings. The predicted octanol–water partition coefficient (Wildman–Crippen LogP) is 3.06. The van der Waals surface area contributed by atoms with Gasteiger partial charge in [-0.15, -0.1) is 0 Å². The third-order valence-corrected chi connectivity index (χ3v) is 8.56. The van der Waals surface area contributed by atoms with E-state index in [4.69, 9.17) is 0 Å². The van der Waals surface area contributed by atoms with Crippen LogP contribution >= 0.6 is 0 Å². The minimum atomic E-state index is -0.348. The van der Waals surface area contributed by atoms with Gasteiger partial charge >= 0.3 is 0 Å². The van der Waals surface area contributed by atoms with Gasteiger partial charge in [0.15, 0.2) is 5.78 Å². The molecule has 3 nitrogen and oxygen atoms in total. The van der Waals surface area contributed by atoms with E-state index in [0.717, 1.165) is 44.9 Å². The van der Waals surface area contributed by atoms with Crippen molar-refractivity contribution in [2.24, 2.45) is 34.5 Å². The summed E-state index contributed by atoms with van der Waals surface area (Å²) >= 11 is 0. The van der Waals surface area contributed by atoms with Crippen molar-refractivity contribution in [3.8, 4) is 0 Å². The van der Waals surface area contributed by atoms with Crippen molar-refractivity contribution in [1.82, 2.24) is 0 Å². The maximum Gasteiger partial charge on any atom is 0.158 e. The molecular weight excluding hydrogens is 288 g/mol. The van der Waals surface area contributed by atoms with E-state index in [1.54, 1.807) is 0 Å². The Morgan fingerprint density at radius 2 is 1.96 bits per heavy atom. The van der Waals surface area contributed by atoms with E-state index >= 15 is 0 Å². The summed E-state index contributed by atoms with van der Waals surface area (Å²) in [4.78, 5) is 24.7. The lowest BCUT2D eigenvalue weighted by molar-refractivity contribution is -0.134. The summed E-state index contributed by atoms with van der Waals surface area (Å²) in [5.41, 5.74) is 1.01. The molecule has 5 rings (SSSR count). The third kappa shape index (κ3) is 1.55. The van der Waals surface area contributed by atoms with Crippen molar-refractivity contribution in [3.05, 3.63) is 11.6 Å². The third-order valence-electron chi connectivity index (χ3n) is 8.56. The van der Waals surface area contributed by atoms with Crippen LogP contribution in [0.3, 0.4) is 0 Å². The molecule has 2 bridgehead atoms. The average Bonchev–Trinajstić information content (AvgIpc) is 2.99. The Morgan fingerprint density at radius 3 is 2.78 bits per heavy atom. The summed E-state index contributed by atoms with van der Waals surface area (Å²) in [6.45, 7) is 2.20. The van der Waals surface area contributed by atoms with Gasteiger partial charge in [0.25, 0.3) is 0 Å². The van der Waals surface area contributed by atoms with Crippen LogP contribution in [0.1, 0.15) is 58.3 Å². The lowest BCUT2D eigenvalue weighted by Crippen LogP contribution is -2.53. The van der Waals surface area contributed by atoms with E-state index in [1.165, 1.54) is 5.57 Å². The van der Waals surface area contributed by atoms with Crippen molar-refractivity contribution in [3.63, 3.8) is 0 Å². The number of carbonyl (C=O) groups excluding carboxylic acids is 2. The largest absolute Gasteiger partial charge is 0.392 e. The van der Waals surface area contributed by atoms with E-state index in [1.807, 2.05) is 6.08 Å². The first-order chi connectivity index (χ1) is 11.0. The minimum Gasteiger partial charge on any atom is -0.392 e.